The van der Waals surface area contributed by atoms with Crippen LogP contribution in [-0.2, 0) is 9.59 Å². The van der Waals surface area contributed by atoms with Crippen LogP contribution in [0.4, 0.5) is 0 Å². The van der Waals surface area contributed by atoms with Crippen LogP contribution in [-0.4, -0.2) is 29.9 Å². The highest BCUT2D eigenvalue weighted by Gasteiger charge is 2.21. The second kappa shape index (κ2) is 5.75. The van der Waals surface area contributed by atoms with Crippen LogP contribution in [0.15, 0.2) is 0 Å². The van der Waals surface area contributed by atoms with Crippen molar-refractivity contribution < 1.29 is 14.7 Å². The number of carbonyl (C=O) groups is 2. The van der Waals surface area contributed by atoms with Crippen LogP contribution < -0.4 is 5.32 Å². The van der Waals surface area contributed by atoms with Gasteiger partial charge < -0.3 is 10.4 Å². The number of rotatable bonds is 5. The Balaban J connectivity index is 3.73. The summed E-state index contributed by atoms with van der Waals surface area (Å²) in [6, 6.07) is 0. The lowest BCUT2D eigenvalue weighted by atomic mass is 9.88. The summed E-state index contributed by atoms with van der Waals surface area (Å²) in [6.45, 7) is 5.68. The van der Waals surface area contributed by atoms with Gasteiger partial charge in [-0.1, -0.05) is 20.8 Å². The molecule has 0 fully saturated rings. The topological polar surface area (TPSA) is 66.4 Å². The molecule has 4 nitrogen and oxygen atoms in total. The van der Waals surface area contributed by atoms with E-state index in [4.69, 9.17) is 5.11 Å². The molecule has 14 heavy (non-hydrogen) atoms. The lowest BCUT2D eigenvalue weighted by Crippen LogP contribution is -2.28. The van der Waals surface area contributed by atoms with E-state index >= 15 is 0 Å². The minimum Gasteiger partial charge on any atom is -0.395 e. The van der Waals surface area contributed by atoms with E-state index in [9.17, 15) is 9.59 Å². The second-order valence-corrected chi connectivity index (χ2v) is 4.25. The zero-order valence-electron chi connectivity index (χ0n) is 9.09. The van der Waals surface area contributed by atoms with Crippen molar-refractivity contribution in [1.82, 2.24) is 5.32 Å². The molecule has 82 valence electrons. The van der Waals surface area contributed by atoms with Crippen molar-refractivity contribution in [2.45, 2.75) is 33.6 Å². The molecule has 0 aromatic heterocycles. The Morgan fingerprint density at radius 3 is 2.21 bits per heavy atom. The molecule has 0 unspecified atom stereocenters. The van der Waals surface area contributed by atoms with Gasteiger partial charge in [0.25, 0.3) is 0 Å². The van der Waals surface area contributed by atoms with Gasteiger partial charge in [-0.3, -0.25) is 9.59 Å². The van der Waals surface area contributed by atoms with Crippen LogP contribution in [0.5, 0.6) is 0 Å². The molecule has 0 aromatic carbocycles. The van der Waals surface area contributed by atoms with Gasteiger partial charge in [-0.2, -0.15) is 0 Å². The standard InChI is InChI=1S/C10H19NO3/c1-10(2,3)8(13)4-5-9(14)11-6-7-12/h12H,4-7H2,1-3H3,(H,11,14). The van der Waals surface area contributed by atoms with Gasteiger partial charge >= 0.3 is 0 Å². The van der Waals surface area contributed by atoms with Crippen molar-refractivity contribution in [3.05, 3.63) is 0 Å². The maximum atomic E-state index is 11.4. The lowest BCUT2D eigenvalue weighted by molar-refractivity contribution is -0.129. The molecule has 1 amide bonds. The first-order valence-electron chi connectivity index (χ1n) is 4.79. The summed E-state index contributed by atoms with van der Waals surface area (Å²) in [7, 11) is 0. The number of nitrogens with one attached hydrogen (secondary N) is 1. The van der Waals surface area contributed by atoms with Crippen LogP contribution in [0.2, 0.25) is 0 Å². The van der Waals surface area contributed by atoms with Crippen molar-refractivity contribution in [1.29, 1.82) is 0 Å². The fourth-order valence-corrected chi connectivity index (χ4v) is 0.886. The molecule has 0 aliphatic heterocycles. The predicted molar refractivity (Wildman–Crippen MR) is 53.8 cm³/mol. The van der Waals surface area contributed by atoms with Crippen molar-refractivity contribution in [3.63, 3.8) is 0 Å². The molecule has 0 aromatic rings. The number of ketones is 1. The summed E-state index contributed by atoms with van der Waals surface area (Å²) < 4.78 is 0. The van der Waals surface area contributed by atoms with Crippen LogP contribution in [0, 0.1) is 5.41 Å². The molecule has 0 aliphatic carbocycles. The number of hydrogen-bond donors (Lipinski definition) is 2. The average molecular weight is 201 g/mol. The smallest absolute Gasteiger partial charge is 0.220 e. The van der Waals surface area contributed by atoms with Gasteiger partial charge in [0, 0.05) is 24.8 Å². The van der Waals surface area contributed by atoms with Crippen LogP contribution in [0.3, 0.4) is 0 Å². The molecule has 0 saturated carbocycles. The van der Waals surface area contributed by atoms with Gasteiger partial charge in [0.2, 0.25) is 5.91 Å². The van der Waals surface area contributed by atoms with Crippen LogP contribution >= 0.6 is 0 Å². The molecule has 0 rings (SSSR count). The highest BCUT2D eigenvalue weighted by Crippen LogP contribution is 2.17. The second-order valence-electron chi connectivity index (χ2n) is 4.25. The zero-order valence-corrected chi connectivity index (χ0v) is 9.09. The summed E-state index contributed by atoms with van der Waals surface area (Å²) in [6.07, 6.45) is 0.469. The number of aliphatic hydroxyl groups is 1. The average Bonchev–Trinajstić information content (AvgIpc) is 2.09. The monoisotopic (exact) mass is 201 g/mol. The van der Waals surface area contributed by atoms with Gasteiger partial charge in [0.1, 0.15) is 5.78 Å². The van der Waals surface area contributed by atoms with E-state index in [1.807, 2.05) is 20.8 Å². The first-order chi connectivity index (χ1) is 6.38. The third-order valence-corrected chi connectivity index (χ3v) is 1.85. The Morgan fingerprint density at radius 1 is 1.21 bits per heavy atom. The first-order valence-corrected chi connectivity index (χ1v) is 4.79. The van der Waals surface area contributed by atoms with Gasteiger partial charge in [0.05, 0.1) is 6.61 Å². The highest BCUT2D eigenvalue weighted by molar-refractivity contribution is 5.88. The molecular formula is C10H19NO3. The van der Waals surface area contributed by atoms with Gasteiger partial charge in [-0.05, 0) is 0 Å². The van der Waals surface area contributed by atoms with E-state index in [2.05, 4.69) is 5.32 Å². The summed E-state index contributed by atoms with van der Waals surface area (Å²) in [5.41, 5.74) is -0.378. The summed E-state index contributed by atoms with van der Waals surface area (Å²) in [4.78, 5) is 22.5. The fourth-order valence-electron chi connectivity index (χ4n) is 0.886. The largest absolute Gasteiger partial charge is 0.395 e. The fraction of sp³-hybridized carbons (Fsp3) is 0.800. The predicted octanol–water partition coefficient (Wildman–Crippen LogP) is 0.490. The SMILES string of the molecule is CC(C)(C)C(=O)CCC(=O)NCCO. The van der Waals surface area contributed by atoms with Gasteiger partial charge in [-0.15, -0.1) is 0 Å². The molecule has 0 atom stereocenters. The van der Waals surface area contributed by atoms with Gasteiger partial charge in [0.15, 0.2) is 0 Å². The number of carbonyl (C=O) groups excluding carboxylic acids is 2. The Morgan fingerprint density at radius 2 is 1.79 bits per heavy atom. The van der Waals surface area contributed by atoms with E-state index in [1.165, 1.54) is 0 Å². The first kappa shape index (κ1) is 13.1. The van der Waals surface area contributed by atoms with E-state index < -0.39 is 0 Å². The minimum absolute atomic E-state index is 0.0705. The Labute approximate surface area is 84.7 Å². The highest BCUT2D eigenvalue weighted by atomic mass is 16.3. The number of amides is 1. The maximum Gasteiger partial charge on any atom is 0.220 e. The lowest BCUT2D eigenvalue weighted by Gasteiger charge is -2.15. The van der Waals surface area contributed by atoms with E-state index in [0.717, 1.165) is 0 Å². The number of Topliss-reactive ketones (excluding diaryl/α,β-unsaturated/α-hetero) is 1. The molecule has 0 heterocycles. The maximum absolute atomic E-state index is 11.4. The van der Waals surface area contributed by atoms with Crippen LogP contribution in [0.1, 0.15) is 33.6 Å². The molecule has 0 radical (unpaired) electrons. The van der Waals surface area contributed by atoms with E-state index in [1.54, 1.807) is 0 Å². The zero-order chi connectivity index (χ0) is 11.2. The van der Waals surface area contributed by atoms with E-state index in [0.29, 0.717) is 0 Å². The number of aliphatic hydroxyl groups excluding tert-OH is 1. The molecule has 0 spiro atoms. The van der Waals surface area contributed by atoms with Crippen molar-refractivity contribution in [2.75, 3.05) is 13.2 Å². The van der Waals surface area contributed by atoms with Crippen LogP contribution in [0.25, 0.3) is 0 Å². The molecule has 0 bridgehead atoms. The number of hydrogen-bond acceptors (Lipinski definition) is 3. The molecule has 2 N–H and O–H groups in total. The summed E-state index contributed by atoms with van der Waals surface area (Å²) >= 11 is 0. The third-order valence-electron chi connectivity index (χ3n) is 1.85. The summed E-state index contributed by atoms with van der Waals surface area (Å²) in [5, 5.41) is 10.9. The van der Waals surface area contributed by atoms with Gasteiger partial charge in [-0.25, -0.2) is 0 Å². The normalized spacial score (nSPS) is 11.1. The molecule has 0 saturated heterocycles. The summed E-state index contributed by atoms with van der Waals surface area (Å²) in [5.74, 6) is -0.103. The Hall–Kier alpha value is -0.900. The van der Waals surface area contributed by atoms with Crippen molar-refractivity contribution in [3.8, 4) is 0 Å². The van der Waals surface area contributed by atoms with E-state index in [-0.39, 0.29) is 43.1 Å². The third kappa shape index (κ3) is 5.70. The Bertz CT molecular complexity index is 206. The minimum atomic E-state index is -0.378. The molecule has 4 heteroatoms. The quantitative estimate of drug-likeness (QED) is 0.680. The Kier molecular flexibility index (Phi) is 5.38. The van der Waals surface area contributed by atoms with Crippen molar-refractivity contribution >= 4 is 11.7 Å². The molecule has 0 aliphatic rings. The van der Waals surface area contributed by atoms with Crippen molar-refractivity contribution in [2.24, 2.45) is 5.41 Å². The molecular weight excluding hydrogens is 182 g/mol.